The van der Waals surface area contributed by atoms with E-state index >= 15 is 0 Å². The van der Waals surface area contributed by atoms with Crippen LogP contribution in [0.15, 0.2) is 42.5 Å². The highest BCUT2D eigenvalue weighted by atomic mass is 16.5. The molecule has 1 aliphatic rings. The second kappa shape index (κ2) is 8.90. The van der Waals surface area contributed by atoms with Gasteiger partial charge in [0.1, 0.15) is 12.3 Å². The molecule has 0 saturated heterocycles. The zero-order chi connectivity index (χ0) is 21.0. The van der Waals surface area contributed by atoms with Crippen LogP contribution in [-0.4, -0.2) is 30.2 Å². The number of nitrogens with zero attached hydrogens (tertiary/aromatic N) is 1. The van der Waals surface area contributed by atoms with Gasteiger partial charge in [-0.15, -0.1) is 0 Å². The minimum atomic E-state index is -0.698. The second-order valence-electron chi connectivity index (χ2n) is 7.14. The number of ether oxygens (including phenoxy) is 1. The molecule has 0 fully saturated rings. The van der Waals surface area contributed by atoms with Crippen LogP contribution in [0, 0.1) is 0 Å². The Morgan fingerprint density at radius 2 is 1.83 bits per heavy atom. The van der Waals surface area contributed by atoms with Gasteiger partial charge >= 0.3 is 0 Å². The summed E-state index contributed by atoms with van der Waals surface area (Å²) in [4.78, 5) is 39.0. The van der Waals surface area contributed by atoms with Gasteiger partial charge in [0.05, 0.1) is 5.69 Å². The Bertz CT molecular complexity index is 921. The van der Waals surface area contributed by atoms with Crippen LogP contribution in [0.5, 0.6) is 5.75 Å². The van der Waals surface area contributed by atoms with E-state index in [0.29, 0.717) is 29.1 Å². The van der Waals surface area contributed by atoms with E-state index in [1.165, 1.54) is 10.5 Å². The Balaban J connectivity index is 1.82. The monoisotopic (exact) mass is 394 g/mol. The Labute approximate surface area is 170 Å². The lowest BCUT2D eigenvalue weighted by Crippen LogP contribution is -2.47. The summed E-state index contributed by atoms with van der Waals surface area (Å²) in [5, 5.41) is 2.82. The third-order valence-corrected chi connectivity index (χ3v) is 4.91. The molecule has 2 aromatic carbocycles. The SMILES string of the molecule is CCCC(=O)c1ccc2c(c1)N(CC(=O)Nc1ccc(CC)cc1)C(=O)C(C)O2. The Morgan fingerprint density at radius 3 is 2.48 bits per heavy atom. The van der Waals surface area contributed by atoms with E-state index in [1.54, 1.807) is 25.1 Å². The average Bonchev–Trinajstić information content (AvgIpc) is 2.72. The molecule has 0 aliphatic carbocycles. The molecule has 0 saturated carbocycles. The first-order valence-electron chi connectivity index (χ1n) is 9.97. The van der Waals surface area contributed by atoms with Gasteiger partial charge < -0.3 is 10.1 Å². The van der Waals surface area contributed by atoms with E-state index in [0.717, 1.165) is 12.8 Å². The zero-order valence-corrected chi connectivity index (χ0v) is 17.0. The number of Topliss-reactive ketones (excluding diaryl/α,β-unsaturated/α-hetero) is 1. The van der Waals surface area contributed by atoms with Gasteiger partial charge in [-0.3, -0.25) is 19.3 Å². The van der Waals surface area contributed by atoms with E-state index in [1.807, 2.05) is 31.2 Å². The van der Waals surface area contributed by atoms with Crippen molar-refractivity contribution in [3.05, 3.63) is 53.6 Å². The fraction of sp³-hybridized carbons (Fsp3) is 0.348. The number of hydrogen-bond donors (Lipinski definition) is 1. The zero-order valence-electron chi connectivity index (χ0n) is 17.0. The highest BCUT2D eigenvalue weighted by molar-refractivity contribution is 6.07. The highest BCUT2D eigenvalue weighted by Crippen LogP contribution is 2.35. The van der Waals surface area contributed by atoms with E-state index in [2.05, 4.69) is 12.2 Å². The Morgan fingerprint density at radius 1 is 1.10 bits per heavy atom. The summed E-state index contributed by atoms with van der Waals surface area (Å²) in [6, 6.07) is 12.6. The molecule has 0 aromatic heterocycles. The maximum absolute atomic E-state index is 12.7. The Hall–Kier alpha value is -3.15. The van der Waals surface area contributed by atoms with Crippen molar-refractivity contribution in [2.45, 2.75) is 46.1 Å². The molecule has 1 N–H and O–H groups in total. The first-order chi connectivity index (χ1) is 13.9. The lowest BCUT2D eigenvalue weighted by Gasteiger charge is -2.32. The summed E-state index contributed by atoms with van der Waals surface area (Å²) in [6.45, 7) is 5.50. The third-order valence-electron chi connectivity index (χ3n) is 4.91. The largest absolute Gasteiger partial charge is 0.479 e. The molecule has 6 nitrogen and oxygen atoms in total. The molecule has 6 heteroatoms. The van der Waals surface area contributed by atoms with Gasteiger partial charge in [0, 0.05) is 17.7 Å². The predicted molar refractivity (Wildman–Crippen MR) is 113 cm³/mol. The molecule has 2 amide bonds. The van der Waals surface area contributed by atoms with Gasteiger partial charge in [0.25, 0.3) is 5.91 Å². The van der Waals surface area contributed by atoms with Gasteiger partial charge in [-0.25, -0.2) is 0 Å². The van der Waals surface area contributed by atoms with Crippen LogP contribution >= 0.6 is 0 Å². The topological polar surface area (TPSA) is 75.7 Å². The number of carbonyl (C=O) groups is 3. The summed E-state index contributed by atoms with van der Waals surface area (Å²) in [5.74, 6) is -0.131. The molecular weight excluding hydrogens is 368 g/mol. The number of ketones is 1. The summed E-state index contributed by atoms with van der Waals surface area (Å²) < 4.78 is 5.66. The molecule has 152 valence electrons. The van der Waals surface area contributed by atoms with Crippen LogP contribution in [0.25, 0.3) is 0 Å². The second-order valence-corrected chi connectivity index (χ2v) is 7.14. The number of carbonyl (C=O) groups excluding carboxylic acids is 3. The minimum Gasteiger partial charge on any atom is -0.479 e. The van der Waals surface area contributed by atoms with E-state index in [9.17, 15) is 14.4 Å². The molecule has 1 atom stereocenters. The molecular formula is C23H26N2O4. The number of benzene rings is 2. The number of aryl methyl sites for hydroxylation is 1. The maximum Gasteiger partial charge on any atom is 0.268 e. The predicted octanol–water partition coefficient (Wildman–Crippen LogP) is 3.98. The van der Waals surface area contributed by atoms with Crippen LogP contribution in [0.3, 0.4) is 0 Å². The van der Waals surface area contributed by atoms with Crippen molar-refractivity contribution < 1.29 is 19.1 Å². The smallest absolute Gasteiger partial charge is 0.268 e. The quantitative estimate of drug-likeness (QED) is 0.721. The molecule has 2 aromatic rings. The van der Waals surface area contributed by atoms with Crippen molar-refractivity contribution in [1.82, 2.24) is 0 Å². The summed E-state index contributed by atoms with van der Waals surface area (Å²) >= 11 is 0. The number of fused-ring (bicyclic) bond motifs is 1. The molecule has 0 spiro atoms. The van der Waals surface area contributed by atoms with Crippen LogP contribution in [-0.2, 0) is 16.0 Å². The van der Waals surface area contributed by atoms with Crippen LogP contribution < -0.4 is 15.0 Å². The molecule has 1 heterocycles. The molecule has 0 radical (unpaired) electrons. The summed E-state index contributed by atoms with van der Waals surface area (Å²) in [6.07, 6.45) is 1.39. The van der Waals surface area contributed by atoms with Crippen LogP contribution in [0.2, 0.25) is 0 Å². The van der Waals surface area contributed by atoms with E-state index in [4.69, 9.17) is 4.74 Å². The van der Waals surface area contributed by atoms with Crippen molar-refractivity contribution in [3.8, 4) is 5.75 Å². The number of amides is 2. The molecule has 0 bridgehead atoms. The third kappa shape index (κ3) is 4.65. The van der Waals surface area contributed by atoms with Crippen molar-refractivity contribution in [2.75, 3.05) is 16.8 Å². The lowest BCUT2D eigenvalue weighted by molar-refractivity contribution is -0.127. The van der Waals surface area contributed by atoms with Gasteiger partial charge in [-0.1, -0.05) is 26.0 Å². The van der Waals surface area contributed by atoms with Crippen molar-refractivity contribution in [3.63, 3.8) is 0 Å². The van der Waals surface area contributed by atoms with Crippen LogP contribution in [0.4, 0.5) is 11.4 Å². The number of rotatable bonds is 7. The average molecular weight is 394 g/mol. The summed E-state index contributed by atoms with van der Waals surface area (Å²) in [7, 11) is 0. The van der Waals surface area contributed by atoms with Gasteiger partial charge in [0.15, 0.2) is 11.9 Å². The van der Waals surface area contributed by atoms with Gasteiger partial charge in [-0.05, 0) is 55.7 Å². The van der Waals surface area contributed by atoms with E-state index < -0.39 is 6.10 Å². The van der Waals surface area contributed by atoms with Gasteiger partial charge in [-0.2, -0.15) is 0 Å². The minimum absolute atomic E-state index is 0.00165. The maximum atomic E-state index is 12.7. The summed E-state index contributed by atoms with van der Waals surface area (Å²) in [5.41, 5.74) is 2.81. The first-order valence-corrected chi connectivity index (χ1v) is 9.97. The van der Waals surface area contributed by atoms with E-state index in [-0.39, 0.29) is 24.1 Å². The number of nitrogens with one attached hydrogen (secondary N) is 1. The molecule has 29 heavy (non-hydrogen) atoms. The van der Waals surface area contributed by atoms with Crippen molar-refractivity contribution in [1.29, 1.82) is 0 Å². The van der Waals surface area contributed by atoms with Crippen molar-refractivity contribution in [2.24, 2.45) is 0 Å². The standard InChI is InChI=1S/C23H26N2O4/c1-4-6-20(26)17-9-12-21-19(13-17)25(23(28)15(3)29-21)14-22(27)24-18-10-7-16(5-2)8-11-18/h7-13,15H,4-6,14H2,1-3H3,(H,24,27). The Kier molecular flexibility index (Phi) is 6.32. The molecule has 1 aliphatic heterocycles. The number of hydrogen-bond acceptors (Lipinski definition) is 4. The molecule has 3 rings (SSSR count). The fourth-order valence-corrected chi connectivity index (χ4v) is 3.28. The first kappa shape index (κ1) is 20.6. The fourth-order valence-electron chi connectivity index (χ4n) is 3.28. The lowest BCUT2D eigenvalue weighted by atomic mass is 10.0. The van der Waals surface area contributed by atoms with Crippen molar-refractivity contribution >= 4 is 29.0 Å². The highest BCUT2D eigenvalue weighted by Gasteiger charge is 2.33. The normalized spacial score (nSPS) is 15.5. The van der Waals surface area contributed by atoms with Crippen LogP contribution in [0.1, 0.15) is 49.5 Å². The van der Waals surface area contributed by atoms with Gasteiger partial charge in [0.2, 0.25) is 5.91 Å². The molecule has 1 unspecified atom stereocenters. The number of anilines is 2.